The molecule has 0 N–H and O–H groups in total. The number of hydrogen-bond donors (Lipinski definition) is 0. The molecule has 0 spiro atoms. The maximum atomic E-state index is 9.30. The first-order chi connectivity index (χ1) is 8.79. The normalized spacial score (nSPS) is 10.4. The molecular weight excluding hydrogens is 290 g/mol. The third kappa shape index (κ3) is 1.69. The molecule has 0 aliphatic heterocycles. The number of nitriles is 1. The molecule has 0 unspecified atom stereocenters. The monoisotopic (exact) mass is 297 g/mol. The van der Waals surface area contributed by atoms with Gasteiger partial charge in [0, 0.05) is 16.2 Å². The molecule has 3 nitrogen and oxygen atoms in total. The maximum Gasteiger partial charge on any atom is 0.152 e. The third-order valence-electron chi connectivity index (χ3n) is 2.75. The Labute approximate surface area is 112 Å². The molecule has 2 heterocycles. The number of aromatic nitrogens is 2. The van der Waals surface area contributed by atoms with Gasteiger partial charge in [-0.15, -0.1) is 0 Å². The summed E-state index contributed by atoms with van der Waals surface area (Å²) in [5.41, 5.74) is 3.01. The fourth-order valence-electron chi connectivity index (χ4n) is 1.91. The number of fused-ring (bicyclic) bond motifs is 1. The number of rotatable bonds is 1. The standard InChI is InChI=1S/C14H8BrN3/c15-11-6-4-10(5-7-11)14-12(9-16)18-8-2-1-3-13(18)17-14/h1-8H. The highest BCUT2D eigenvalue weighted by Crippen LogP contribution is 2.25. The largest absolute Gasteiger partial charge is 0.291 e. The highest BCUT2D eigenvalue weighted by Gasteiger charge is 2.12. The van der Waals surface area contributed by atoms with E-state index >= 15 is 0 Å². The van der Waals surface area contributed by atoms with Crippen LogP contribution in [0, 0.1) is 11.3 Å². The molecule has 0 aliphatic carbocycles. The summed E-state index contributed by atoms with van der Waals surface area (Å²) in [6.45, 7) is 0. The van der Waals surface area contributed by atoms with Crippen molar-refractivity contribution >= 4 is 21.6 Å². The average molecular weight is 298 g/mol. The van der Waals surface area contributed by atoms with Crippen LogP contribution in [0.15, 0.2) is 53.1 Å². The minimum Gasteiger partial charge on any atom is -0.291 e. The lowest BCUT2D eigenvalue weighted by atomic mass is 10.1. The van der Waals surface area contributed by atoms with E-state index in [1.807, 2.05) is 48.7 Å². The molecule has 1 aromatic carbocycles. The lowest BCUT2D eigenvalue weighted by Gasteiger charge is -1.97. The molecule has 0 aliphatic rings. The van der Waals surface area contributed by atoms with Gasteiger partial charge in [-0.3, -0.25) is 4.40 Å². The first-order valence-corrected chi connectivity index (χ1v) is 6.22. The Hall–Kier alpha value is -2.12. The van der Waals surface area contributed by atoms with E-state index in [1.54, 1.807) is 4.40 Å². The predicted molar refractivity (Wildman–Crippen MR) is 73.0 cm³/mol. The first-order valence-electron chi connectivity index (χ1n) is 5.43. The molecule has 0 amide bonds. The molecule has 3 rings (SSSR count). The Bertz CT molecular complexity index is 751. The van der Waals surface area contributed by atoms with Crippen molar-refractivity contribution in [1.82, 2.24) is 9.38 Å². The van der Waals surface area contributed by atoms with Gasteiger partial charge in [0.05, 0.1) is 0 Å². The molecular formula is C14H8BrN3. The van der Waals surface area contributed by atoms with Crippen LogP contribution in [0.2, 0.25) is 0 Å². The second-order valence-corrected chi connectivity index (χ2v) is 4.77. The first kappa shape index (κ1) is 11.0. The lowest BCUT2D eigenvalue weighted by Crippen LogP contribution is -1.87. The van der Waals surface area contributed by atoms with E-state index < -0.39 is 0 Å². The van der Waals surface area contributed by atoms with Crippen molar-refractivity contribution in [3.63, 3.8) is 0 Å². The minimum absolute atomic E-state index is 0.563. The van der Waals surface area contributed by atoms with E-state index in [2.05, 4.69) is 27.0 Å². The molecule has 0 saturated carbocycles. The minimum atomic E-state index is 0.563. The van der Waals surface area contributed by atoms with Crippen molar-refractivity contribution in [1.29, 1.82) is 5.26 Å². The van der Waals surface area contributed by atoms with Crippen LogP contribution in [-0.2, 0) is 0 Å². The van der Waals surface area contributed by atoms with Gasteiger partial charge in [0.15, 0.2) is 5.69 Å². The SMILES string of the molecule is N#Cc1c(-c2ccc(Br)cc2)nc2ccccn12. The van der Waals surface area contributed by atoms with Crippen molar-refractivity contribution in [2.24, 2.45) is 0 Å². The summed E-state index contributed by atoms with van der Waals surface area (Å²) in [5.74, 6) is 0. The zero-order chi connectivity index (χ0) is 12.5. The second-order valence-electron chi connectivity index (χ2n) is 3.86. The van der Waals surface area contributed by atoms with Crippen LogP contribution in [-0.4, -0.2) is 9.38 Å². The summed E-state index contributed by atoms with van der Waals surface area (Å²) in [5, 5.41) is 9.30. The van der Waals surface area contributed by atoms with Crippen LogP contribution < -0.4 is 0 Å². The van der Waals surface area contributed by atoms with E-state index in [9.17, 15) is 5.26 Å². The van der Waals surface area contributed by atoms with Gasteiger partial charge in [-0.1, -0.05) is 34.1 Å². The van der Waals surface area contributed by atoms with Crippen molar-refractivity contribution in [3.05, 3.63) is 58.8 Å². The fraction of sp³-hybridized carbons (Fsp3) is 0. The van der Waals surface area contributed by atoms with Crippen molar-refractivity contribution < 1.29 is 0 Å². The van der Waals surface area contributed by atoms with Crippen LogP contribution in [0.5, 0.6) is 0 Å². The van der Waals surface area contributed by atoms with Gasteiger partial charge in [-0.25, -0.2) is 4.98 Å². The Morgan fingerprint density at radius 3 is 2.61 bits per heavy atom. The smallest absolute Gasteiger partial charge is 0.152 e. The number of pyridine rings is 1. The van der Waals surface area contributed by atoms with Gasteiger partial charge < -0.3 is 0 Å². The molecule has 4 heteroatoms. The predicted octanol–water partition coefficient (Wildman–Crippen LogP) is 3.64. The lowest BCUT2D eigenvalue weighted by molar-refractivity contribution is 1.15. The molecule has 0 radical (unpaired) electrons. The molecule has 0 saturated heterocycles. The Morgan fingerprint density at radius 2 is 1.89 bits per heavy atom. The van der Waals surface area contributed by atoms with Crippen LogP contribution in [0.4, 0.5) is 0 Å². The van der Waals surface area contributed by atoms with Gasteiger partial charge in [0.1, 0.15) is 17.4 Å². The number of nitrogens with zero attached hydrogens (tertiary/aromatic N) is 3. The van der Waals surface area contributed by atoms with E-state index in [0.29, 0.717) is 5.69 Å². The summed E-state index contributed by atoms with van der Waals surface area (Å²) < 4.78 is 2.81. The topological polar surface area (TPSA) is 41.1 Å². The fourth-order valence-corrected chi connectivity index (χ4v) is 2.18. The zero-order valence-electron chi connectivity index (χ0n) is 9.34. The van der Waals surface area contributed by atoms with Crippen LogP contribution >= 0.6 is 15.9 Å². The highest BCUT2D eigenvalue weighted by atomic mass is 79.9. The summed E-state index contributed by atoms with van der Waals surface area (Å²) >= 11 is 3.40. The quantitative estimate of drug-likeness (QED) is 0.688. The van der Waals surface area contributed by atoms with E-state index in [4.69, 9.17) is 0 Å². The zero-order valence-corrected chi connectivity index (χ0v) is 10.9. The number of imidazole rings is 1. The maximum absolute atomic E-state index is 9.30. The Kier molecular flexibility index (Phi) is 2.62. The second kappa shape index (κ2) is 4.28. The highest BCUT2D eigenvalue weighted by molar-refractivity contribution is 9.10. The molecule has 0 bridgehead atoms. The van der Waals surface area contributed by atoms with Gasteiger partial charge >= 0.3 is 0 Å². The van der Waals surface area contributed by atoms with Crippen molar-refractivity contribution in [2.75, 3.05) is 0 Å². The van der Waals surface area contributed by atoms with Gasteiger partial charge in [0.2, 0.25) is 0 Å². The molecule has 18 heavy (non-hydrogen) atoms. The van der Waals surface area contributed by atoms with E-state index in [0.717, 1.165) is 21.4 Å². The molecule has 3 aromatic rings. The van der Waals surface area contributed by atoms with E-state index in [1.165, 1.54) is 0 Å². The van der Waals surface area contributed by atoms with E-state index in [-0.39, 0.29) is 0 Å². The number of benzene rings is 1. The van der Waals surface area contributed by atoms with Crippen LogP contribution in [0.3, 0.4) is 0 Å². The van der Waals surface area contributed by atoms with Crippen LogP contribution in [0.25, 0.3) is 16.9 Å². The molecule has 86 valence electrons. The van der Waals surface area contributed by atoms with Crippen molar-refractivity contribution in [2.45, 2.75) is 0 Å². The van der Waals surface area contributed by atoms with Crippen LogP contribution in [0.1, 0.15) is 5.69 Å². The molecule has 0 atom stereocenters. The summed E-state index contributed by atoms with van der Waals surface area (Å²) in [4.78, 5) is 4.51. The van der Waals surface area contributed by atoms with Gasteiger partial charge in [0.25, 0.3) is 0 Å². The Morgan fingerprint density at radius 1 is 1.11 bits per heavy atom. The third-order valence-corrected chi connectivity index (χ3v) is 3.28. The summed E-state index contributed by atoms with van der Waals surface area (Å²) in [6, 6.07) is 15.7. The summed E-state index contributed by atoms with van der Waals surface area (Å²) in [6.07, 6.45) is 1.85. The average Bonchev–Trinajstić information content (AvgIpc) is 2.78. The van der Waals surface area contributed by atoms with Gasteiger partial charge in [-0.2, -0.15) is 5.26 Å². The number of halogens is 1. The summed E-state index contributed by atoms with van der Waals surface area (Å²) in [7, 11) is 0. The number of hydrogen-bond acceptors (Lipinski definition) is 2. The Balaban J connectivity index is 2.29. The molecule has 2 aromatic heterocycles. The molecule has 0 fully saturated rings. The van der Waals surface area contributed by atoms with Crippen molar-refractivity contribution in [3.8, 4) is 17.3 Å². The van der Waals surface area contributed by atoms with Gasteiger partial charge in [-0.05, 0) is 24.3 Å².